The van der Waals surface area contributed by atoms with Crippen LogP contribution >= 0.6 is 0 Å². The second kappa shape index (κ2) is 6.38. The summed E-state index contributed by atoms with van der Waals surface area (Å²) in [6, 6.07) is 5.38. The van der Waals surface area contributed by atoms with Crippen LogP contribution in [0.2, 0.25) is 0 Å². The van der Waals surface area contributed by atoms with E-state index >= 15 is 0 Å². The van der Waals surface area contributed by atoms with Crippen molar-refractivity contribution in [3.63, 3.8) is 0 Å². The monoisotopic (exact) mass is 328 g/mol. The molecule has 0 N–H and O–H groups in total. The number of hydrogen-bond donors (Lipinski definition) is 0. The van der Waals surface area contributed by atoms with Crippen LogP contribution in [0.25, 0.3) is 0 Å². The van der Waals surface area contributed by atoms with Gasteiger partial charge in [0.25, 0.3) is 0 Å². The van der Waals surface area contributed by atoms with Crippen molar-refractivity contribution in [3.05, 3.63) is 29.3 Å². The third-order valence-corrected chi connectivity index (χ3v) is 5.06. The van der Waals surface area contributed by atoms with E-state index < -0.39 is 6.04 Å². The van der Waals surface area contributed by atoms with Crippen LogP contribution in [0.1, 0.15) is 61.9 Å². The predicted molar refractivity (Wildman–Crippen MR) is 92.2 cm³/mol. The predicted octanol–water partition coefficient (Wildman–Crippen LogP) is 2.74. The molecule has 2 aliphatic rings. The summed E-state index contributed by atoms with van der Waals surface area (Å²) in [5.74, 6) is 0.273. The molecule has 1 atom stereocenters. The average molecular weight is 328 g/mol. The summed E-state index contributed by atoms with van der Waals surface area (Å²) in [6.45, 7) is 6.65. The minimum absolute atomic E-state index is 0.0651. The number of rotatable bonds is 1. The summed E-state index contributed by atoms with van der Waals surface area (Å²) < 4.78 is 0. The molecule has 0 aliphatic carbocycles. The largest absolute Gasteiger partial charge is 0.329 e. The minimum atomic E-state index is -0.445. The molecule has 24 heavy (non-hydrogen) atoms. The van der Waals surface area contributed by atoms with Gasteiger partial charge in [0.05, 0.1) is 5.69 Å². The third-order valence-electron chi connectivity index (χ3n) is 5.06. The second-order valence-corrected chi connectivity index (χ2v) is 6.96. The molecule has 128 valence electrons. The summed E-state index contributed by atoms with van der Waals surface area (Å²) >= 11 is 0. The SMILES string of the molecule is CC(=O)N1CCN2C(=O)[C@@H]1CCCC(=O)c1cc(C(C)C)ccc12. The van der Waals surface area contributed by atoms with E-state index in [0.717, 1.165) is 5.56 Å². The first-order chi connectivity index (χ1) is 11.4. The van der Waals surface area contributed by atoms with Crippen molar-refractivity contribution < 1.29 is 14.4 Å². The van der Waals surface area contributed by atoms with Gasteiger partial charge in [-0.05, 0) is 36.5 Å². The Bertz CT molecular complexity index is 696. The van der Waals surface area contributed by atoms with E-state index in [1.807, 2.05) is 18.2 Å². The Morgan fingerprint density at radius 1 is 1.21 bits per heavy atom. The molecule has 0 unspecified atom stereocenters. The highest BCUT2D eigenvalue weighted by molar-refractivity contribution is 6.08. The van der Waals surface area contributed by atoms with Crippen molar-refractivity contribution in [1.29, 1.82) is 0 Å². The summed E-state index contributed by atoms with van der Waals surface area (Å²) in [4.78, 5) is 40.8. The molecule has 1 fully saturated rings. The summed E-state index contributed by atoms with van der Waals surface area (Å²) in [7, 11) is 0. The summed E-state index contributed by atoms with van der Waals surface area (Å²) in [6.07, 6.45) is 1.59. The Morgan fingerprint density at radius 2 is 1.96 bits per heavy atom. The van der Waals surface area contributed by atoms with Gasteiger partial charge >= 0.3 is 0 Å². The number of nitrogens with zero attached hydrogens (tertiary/aromatic N) is 2. The van der Waals surface area contributed by atoms with Crippen molar-refractivity contribution in [2.24, 2.45) is 0 Å². The first kappa shape index (κ1) is 16.7. The zero-order valence-corrected chi connectivity index (χ0v) is 14.5. The maximum absolute atomic E-state index is 13.0. The van der Waals surface area contributed by atoms with Gasteiger partial charge in [-0.2, -0.15) is 0 Å². The lowest BCUT2D eigenvalue weighted by molar-refractivity contribution is -0.140. The highest BCUT2D eigenvalue weighted by Gasteiger charge is 2.38. The van der Waals surface area contributed by atoms with Crippen LogP contribution in [0.4, 0.5) is 5.69 Å². The highest BCUT2D eigenvalue weighted by atomic mass is 16.2. The van der Waals surface area contributed by atoms with Gasteiger partial charge in [0.15, 0.2) is 5.78 Å². The molecule has 1 aromatic rings. The number of carbonyl (C=O) groups excluding carboxylic acids is 3. The third kappa shape index (κ3) is 2.83. The zero-order valence-electron chi connectivity index (χ0n) is 14.5. The summed E-state index contributed by atoms with van der Waals surface area (Å²) in [5.41, 5.74) is 2.45. The molecule has 3 rings (SSSR count). The number of Topliss-reactive ketones (excluding diaryl/α,β-unsaturated/α-hetero) is 1. The van der Waals surface area contributed by atoms with Gasteiger partial charge < -0.3 is 9.80 Å². The van der Waals surface area contributed by atoms with Crippen LogP contribution in [0.3, 0.4) is 0 Å². The van der Waals surface area contributed by atoms with E-state index in [-0.39, 0.29) is 17.6 Å². The van der Waals surface area contributed by atoms with Crippen molar-refractivity contribution >= 4 is 23.3 Å². The Morgan fingerprint density at radius 3 is 2.62 bits per heavy atom. The maximum atomic E-state index is 13.0. The van der Waals surface area contributed by atoms with Crippen LogP contribution in [0.5, 0.6) is 0 Å². The maximum Gasteiger partial charge on any atom is 0.249 e. The Balaban J connectivity index is 2.06. The van der Waals surface area contributed by atoms with Crippen molar-refractivity contribution in [2.45, 2.75) is 52.0 Å². The van der Waals surface area contributed by atoms with E-state index in [0.29, 0.717) is 49.5 Å². The number of amides is 2. The molecule has 0 saturated carbocycles. The molecule has 2 bridgehead atoms. The van der Waals surface area contributed by atoms with Gasteiger partial charge in [-0.1, -0.05) is 19.9 Å². The highest BCUT2D eigenvalue weighted by Crippen LogP contribution is 2.32. The van der Waals surface area contributed by atoms with E-state index in [1.165, 1.54) is 6.92 Å². The lowest BCUT2D eigenvalue weighted by atomic mass is 9.96. The molecule has 0 spiro atoms. The summed E-state index contributed by atoms with van der Waals surface area (Å²) in [5, 5.41) is 0. The van der Waals surface area contributed by atoms with Crippen LogP contribution in [-0.2, 0) is 9.59 Å². The fourth-order valence-electron chi connectivity index (χ4n) is 3.64. The van der Waals surface area contributed by atoms with E-state index in [4.69, 9.17) is 0 Å². The number of carbonyl (C=O) groups is 3. The molecular weight excluding hydrogens is 304 g/mol. The zero-order chi connectivity index (χ0) is 17.4. The molecule has 2 aliphatic heterocycles. The molecule has 0 aromatic heterocycles. The topological polar surface area (TPSA) is 57.7 Å². The van der Waals surface area contributed by atoms with Crippen LogP contribution in [0.15, 0.2) is 18.2 Å². The van der Waals surface area contributed by atoms with Crippen LogP contribution in [0, 0.1) is 0 Å². The van der Waals surface area contributed by atoms with Crippen molar-refractivity contribution in [3.8, 4) is 0 Å². The number of hydrogen-bond acceptors (Lipinski definition) is 3. The first-order valence-corrected chi connectivity index (χ1v) is 8.66. The quantitative estimate of drug-likeness (QED) is 0.796. The molecule has 1 saturated heterocycles. The van der Waals surface area contributed by atoms with Crippen molar-refractivity contribution in [1.82, 2.24) is 4.90 Å². The second-order valence-electron chi connectivity index (χ2n) is 6.96. The fraction of sp³-hybridized carbons (Fsp3) is 0.526. The smallest absolute Gasteiger partial charge is 0.249 e. The van der Waals surface area contributed by atoms with Crippen LogP contribution < -0.4 is 4.90 Å². The number of piperazine rings is 1. The molecule has 1 aromatic carbocycles. The number of anilines is 1. The first-order valence-electron chi connectivity index (χ1n) is 8.66. The normalized spacial score (nSPS) is 21.2. The van der Waals surface area contributed by atoms with Gasteiger partial charge in [0.2, 0.25) is 11.8 Å². The van der Waals surface area contributed by atoms with Gasteiger partial charge in [0, 0.05) is 32.0 Å². The van der Waals surface area contributed by atoms with E-state index in [1.54, 1.807) is 9.80 Å². The number of fused-ring (bicyclic) bond motifs is 4. The van der Waals surface area contributed by atoms with E-state index in [2.05, 4.69) is 13.8 Å². The lowest BCUT2D eigenvalue weighted by Crippen LogP contribution is -2.58. The van der Waals surface area contributed by atoms with Crippen LogP contribution in [-0.4, -0.2) is 41.6 Å². The average Bonchev–Trinajstić information content (AvgIpc) is 2.57. The van der Waals surface area contributed by atoms with Gasteiger partial charge in [-0.3, -0.25) is 14.4 Å². The number of benzene rings is 1. The Kier molecular flexibility index (Phi) is 4.43. The molecular formula is C19H24N2O3. The van der Waals surface area contributed by atoms with Gasteiger partial charge in [-0.15, -0.1) is 0 Å². The van der Waals surface area contributed by atoms with Crippen molar-refractivity contribution in [2.75, 3.05) is 18.0 Å². The standard InChI is InChI=1S/C19H24N2O3/c1-12(2)14-7-8-16-15(11-14)18(23)6-4-5-17-19(24)21(16)10-9-20(17)13(3)22/h7-8,11-12,17H,4-6,9-10H2,1-3H3/t17-/m0/s1. The van der Waals surface area contributed by atoms with Gasteiger partial charge in [0.1, 0.15) is 6.04 Å². The Labute approximate surface area is 142 Å². The molecule has 2 heterocycles. The number of ketones is 1. The Hall–Kier alpha value is -2.17. The molecule has 5 nitrogen and oxygen atoms in total. The fourth-order valence-corrected chi connectivity index (χ4v) is 3.64. The molecule has 0 radical (unpaired) electrons. The lowest BCUT2D eigenvalue weighted by Gasteiger charge is -2.40. The molecule has 2 amide bonds. The van der Waals surface area contributed by atoms with E-state index in [9.17, 15) is 14.4 Å². The van der Waals surface area contributed by atoms with Gasteiger partial charge in [-0.25, -0.2) is 0 Å². The molecule has 5 heteroatoms. The minimum Gasteiger partial charge on any atom is -0.329 e.